The lowest BCUT2D eigenvalue weighted by atomic mass is 9.75. The second-order valence-corrected chi connectivity index (χ2v) is 6.34. The van der Waals surface area contributed by atoms with Crippen LogP contribution in [-0.2, 0) is 0 Å². The summed E-state index contributed by atoms with van der Waals surface area (Å²) in [4.78, 5) is 0. The van der Waals surface area contributed by atoms with Crippen molar-refractivity contribution in [1.29, 1.82) is 0 Å². The smallest absolute Gasteiger partial charge is 0.126 e. The van der Waals surface area contributed by atoms with Gasteiger partial charge in [-0.15, -0.1) is 0 Å². The molecule has 3 rings (SSSR count). The van der Waals surface area contributed by atoms with E-state index in [4.69, 9.17) is 0 Å². The Morgan fingerprint density at radius 1 is 1.26 bits per heavy atom. The molecule has 1 unspecified atom stereocenters. The molecule has 19 heavy (non-hydrogen) atoms. The van der Waals surface area contributed by atoms with Crippen molar-refractivity contribution in [3.05, 3.63) is 35.6 Å². The minimum atomic E-state index is -0.0315. The summed E-state index contributed by atoms with van der Waals surface area (Å²) in [6, 6.07) is 8.53. The van der Waals surface area contributed by atoms with Crippen LogP contribution in [0.1, 0.15) is 56.9 Å². The van der Waals surface area contributed by atoms with Crippen LogP contribution in [0.2, 0.25) is 0 Å². The number of hydrogen-bond donors (Lipinski definition) is 1. The molecule has 0 saturated heterocycles. The van der Waals surface area contributed by atoms with Gasteiger partial charge in [0.15, 0.2) is 0 Å². The van der Waals surface area contributed by atoms with Crippen LogP contribution in [0.4, 0.5) is 4.39 Å². The summed E-state index contributed by atoms with van der Waals surface area (Å²) >= 11 is 0. The number of rotatable bonds is 6. The van der Waals surface area contributed by atoms with Crippen LogP contribution < -0.4 is 5.32 Å². The van der Waals surface area contributed by atoms with E-state index < -0.39 is 0 Å². The third-order valence-electron chi connectivity index (χ3n) is 4.76. The van der Waals surface area contributed by atoms with E-state index in [-0.39, 0.29) is 5.82 Å². The minimum absolute atomic E-state index is 0.0315. The number of benzene rings is 1. The first kappa shape index (κ1) is 13.1. The minimum Gasteiger partial charge on any atom is -0.311 e. The molecule has 1 atom stereocenters. The summed E-state index contributed by atoms with van der Waals surface area (Å²) in [6.07, 6.45) is 7.63. The first-order chi connectivity index (χ1) is 9.26. The van der Waals surface area contributed by atoms with Gasteiger partial charge in [0.1, 0.15) is 5.82 Å². The zero-order valence-corrected chi connectivity index (χ0v) is 11.7. The molecule has 0 heterocycles. The lowest BCUT2D eigenvalue weighted by molar-refractivity contribution is 0.249. The third kappa shape index (κ3) is 3.17. The van der Waals surface area contributed by atoms with Gasteiger partial charge in [-0.3, -0.25) is 0 Å². The SMILES string of the molecule is CCC(CC1CC1)NC1CC(c2ccccc2F)C1. The summed E-state index contributed by atoms with van der Waals surface area (Å²) in [7, 11) is 0. The quantitative estimate of drug-likeness (QED) is 0.807. The van der Waals surface area contributed by atoms with E-state index in [0.29, 0.717) is 18.0 Å². The van der Waals surface area contributed by atoms with Crippen molar-refractivity contribution < 1.29 is 4.39 Å². The summed E-state index contributed by atoms with van der Waals surface area (Å²) in [6.45, 7) is 2.27. The van der Waals surface area contributed by atoms with Crippen LogP contribution >= 0.6 is 0 Å². The first-order valence-corrected chi connectivity index (χ1v) is 7.76. The molecule has 2 fully saturated rings. The lowest BCUT2D eigenvalue weighted by Gasteiger charge is -2.39. The van der Waals surface area contributed by atoms with Crippen LogP contribution in [0.3, 0.4) is 0 Å². The maximum absolute atomic E-state index is 13.7. The van der Waals surface area contributed by atoms with Crippen molar-refractivity contribution >= 4 is 0 Å². The normalized spacial score (nSPS) is 27.9. The van der Waals surface area contributed by atoms with Crippen molar-refractivity contribution in [1.82, 2.24) is 5.32 Å². The van der Waals surface area contributed by atoms with E-state index in [0.717, 1.165) is 24.3 Å². The molecule has 2 saturated carbocycles. The van der Waals surface area contributed by atoms with Crippen molar-refractivity contribution in [3.8, 4) is 0 Å². The van der Waals surface area contributed by atoms with Crippen molar-refractivity contribution in [2.24, 2.45) is 5.92 Å². The fourth-order valence-corrected chi connectivity index (χ4v) is 3.26. The lowest BCUT2D eigenvalue weighted by Crippen LogP contribution is -2.45. The molecule has 1 aromatic rings. The van der Waals surface area contributed by atoms with E-state index in [9.17, 15) is 4.39 Å². The van der Waals surface area contributed by atoms with E-state index >= 15 is 0 Å². The molecule has 2 aliphatic rings. The molecule has 0 radical (unpaired) electrons. The molecule has 0 amide bonds. The maximum Gasteiger partial charge on any atom is 0.126 e. The molecule has 1 N–H and O–H groups in total. The van der Waals surface area contributed by atoms with Gasteiger partial charge < -0.3 is 5.32 Å². The van der Waals surface area contributed by atoms with Gasteiger partial charge >= 0.3 is 0 Å². The van der Waals surface area contributed by atoms with Gasteiger partial charge in [0.05, 0.1) is 0 Å². The van der Waals surface area contributed by atoms with Gasteiger partial charge in [-0.2, -0.15) is 0 Å². The van der Waals surface area contributed by atoms with Crippen LogP contribution in [0.5, 0.6) is 0 Å². The molecule has 2 aliphatic carbocycles. The number of hydrogen-bond acceptors (Lipinski definition) is 1. The standard InChI is InChI=1S/C17H24FN/c1-2-14(9-12-7-8-12)19-15-10-13(11-15)16-5-3-4-6-17(16)18/h3-6,12-15,19H,2,7-11H2,1H3. The Kier molecular flexibility index (Phi) is 3.88. The monoisotopic (exact) mass is 261 g/mol. The predicted molar refractivity (Wildman–Crippen MR) is 76.7 cm³/mol. The highest BCUT2D eigenvalue weighted by molar-refractivity contribution is 5.24. The number of nitrogens with one attached hydrogen (secondary N) is 1. The Morgan fingerprint density at radius 2 is 2.00 bits per heavy atom. The fraction of sp³-hybridized carbons (Fsp3) is 0.647. The zero-order chi connectivity index (χ0) is 13.2. The summed E-state index contributed by atoms with van der Waals surface area (Å²) < 4.78 is 13.7. The van der Waals surface area contributed by atoms with Gasteiger partial charge in [0.25, 0.3) is 0 Å². The fourth-order valence-electron chi connectivity index (χ4n) is 3.26. The molecule has 1 nitrogen and oxygen atoms in total. The molecule has 1 aromatic carbocycles. The van der Waals surface area contributed by atoms with Crippen LogP contribution in [-0.4, -0.2) is 12.1 Å². The highest BCUT2D eigenvalue weighted by atomic mass is 19.1. The van der Waals surface area contributed by atoms with Crippen LogP contribution in [0.25, 0.3) is 0 Å². The first-order valence-electron chi connectivity index (χ1n) is 7.76. The Labute approximate surface area is 115 Å². The van der Waals surface area contributed by atoms with Gasteiger partial charge in [-0.25, -0.2) is 4.39 Å². The van der Waals surface area contributed by atoms with Crippen molar-refractivity contribution in [3.63, 3.8) is 0 Å². The molecule has 0 spiro atoms. The second kappa shape index (κ2) is 5.62. The summed E-state index contributed by atoms with van der Waals surface area (Å²) in [5, 5.41) is 3.77. The Bertz CT molecular complexity index is 421. The van der Waals surface area contributed by atoms with Gasteiger partial charge in [-0.1, -0.05) is 38.0 Å². The average Bonchev–Trinajstić information content (AvgIpc) is 3.17. The molecule has 2 heteroatoms. The van der Waals surface area contributed by atoms with E-state index in [1.807, 2.05) is 12.1 Å². The molecule has 0 bridgehead atoms. The molecular weight excluding hydrogens is 237 g/mol. The molecule has 104 valence electrons. The highest BCUT2D eigenvalue weighted by Gasteiger charge is 2.34. The maximum atomic E-state index is 13.7. The molecular formula is C17H24FN. The van der Waals surface area contributed by atoms with E-state index in [1.165, 1.54) is 25.7 Å². The zero-order valence-electron chi connectivity index (χ0n) is 11.7. The average molecular weight is 261 g/mol. The Balaban J connectivity index is 1.48. The summed E-state index contributed by atoms with van der Waals surface area (Å²) in [5.41, 5.74) is 0.913. The van der Waals surface area contributed by atoms with Gasteiger partial charge in [0.2, 0.25) is 0 Å². The van der Waals surface area contributed by atoms with Crippen LogP contribution in [0, 0.1) is 11.7 Å². The Hall–Kier alpha value is -0.890. The highest BCUT2D eigenvalue weighted by Crippen LogP contribution is 2.39. The largest absolute Gasteiger partial charge is 0.311 e. The van der Waals surface area contributed by atoms with Crippen molar-refractivity contribution in [2.75, 3.05) is 0 Å². The van der Waals surface area contributed by atoms with Gasteiger partial charge in [-0.05, 0) is 49.1 Å². The predicted octanol–water partition coefficient (Wildman–Crippen LogP) is 4.24. The molecule has 0 aromatic heterocycles. The number of halogens is 1. The van der Waals surface area contributed by atoms with Crippen LogP contribution in [0.15, 0.2) is 24.3 Å². The third-order valence-corrected chi connectivity index (χ3v) is 4.76. The second-order valence-electron chi connectivity index (χ2n) is 6.34. The van der Waals surface area contributed by atoms with E-state index in [2.05, 4.69) is 12.2 Å². The van der Waals surface area contributed by atoms with E-state index in [1.54, 1.807) is 12.1 Å². The summed E-state index contributed by atoms with van der Waals surface area (Å²) in [5.74, 6) is 1.38. The van der Waals surface area contributed by atoms with Gasteiger partial charge in [0, 0.05) is 12.1 Å². The molecule has 0 aliphatic heterocycles. The topological polar surface area (TPSA) is 12.0 Å². The Morgan fingerprint density at radius 3 is 2.63 bits per heavy atom. The van der Waals surface area contributed by atoms with Crippen molar-refractivity contribution in [2.45, 2.75) is 63.5 Å².